The Bertz CT molecular complexity index is 306. The van der Waals surface area contributed by atoms with Gasteiger partial charge in [-0.15, -0.1) is 10.2 Å². The molecule has 0 aromatic carbocycles. The molecule has 0 spiro atoms. The van der Waals surface area contributed by atoms with Crippen LogP contribution in [0.5, 0.6) is 0 Å². The molecule has 3 N–H and O–H groups in total. The number of nitrogens with two attached hydrogens (primary N) is 1. The van der Waals surface area contributed by atoms with Crippen molar-refractivity contribution >= 4 is 17.6 Å². The summed E-state index contributed by atoms with van der Waals surface area (Å²) in [4.78, 5) is 0. The van der Waals surface area contributed by atoms with E-state index in [0.29, 0.717) is 6.42 Å². The molecule has 72 valence electrons. The SMILES string of the molecule is Cc1nnc(SCCC(=N)N)n1C. The number of aryl methyl sites for hydroxylation is 1. The predicted molar refractivity (Wildman–Crippen MR) is 53.0 cm³/mol. The Morgan fingerprint density at radius 3 is 2.77 bits per heavy atom. The van der Waals surface area contributed by atoms with Gasteiger partial charge in [-0.3, -0.25) is 5.41 Å². The molecule has 0 aliphatic carbocycles. The molecule has 0 saturated carbocycles. The van der Waals surface area contributed by atoms with Gasteiger partial charge in [0.05, 0.1) is 5.84 Å². The van der Waals surface area contributed by atoms with Crippen molar-refractivity contribution < 1.29 is 0 Å². The zero-order chi connectivity index (χ0) is 9.84. The topological polar surface area (TPSA) is 80.6 Å². The molecule has 1 rings (SSSR count). The van der Waals surface area contributed by atoms with Crippen LogP contribution in [0.15, 0.2) is 5.16 Å². The third-order valence-electron chi connectivity index (χ3n) is 1.66. The maximum Gasteiger partial charge on any atom is 0.190 e. The maximum absolute atomic E-state index is 7.04. The van der Waals surface area contributed by atoms with Crippen LogP contribution >= 0.6 is 11.8 Å². The van der Waals surface area contributed by atoms with E-state index in [2.05, 4.69) is 10.2 Å². The summed E-state index contributed by atoms with van der Waals surface area (Å²) in [5.41, 5.74) is 5.23. The van der Waals surface area contributed by atoms with Crippen molar-refractivity contribution in [1.82, 2.24) is 14.8 Å². The van der Waals surface area contributed by atoms with Gasteiger partial charge in [0.25, 0.3) is 0 Å². The minimum Gasteiger partial charge on any atom is -0.388 e. The highest BCUT2D eigenvalue weighted by Crippen LogP contribution is 2.15. The second-order valence-corrected chi connectivity index (χ2v) is 3.77. The summed E-state index contributed by atoms with van der Waals surface area (Å²) < 4.78 is 1.92. The van der Waals surface area contributed by atoms with Crippen molar-refractivity contribution in [2.75, 3.05) is 5.75 Å². The van der Waals surface area contributed by atoms with Gasteiger partial charge in [-0.2, -0.15) is 0 Å². The van der Waals surface area contributed by atoms with Crippen molar-refractivity contribution in [3.63, 3.8) is 0 Å². The summed E-state index contributed by atoms with van der Waals surface area (Å²) in [6, 6.07) is 0. The second-order valence-electron chi connectivity index (χ2n) is 2.71. The number of hydrogen-bond donors (Lipinski definition) is 2. The Balaban J connectivity index is 2.45. The van der Waals surface area contributed by atoms with E-state index in [1.807, 2.05) is 18.5 Å². The summed E-state index contributed by atoms with van der Waals surface area (Å²) in [6.45, 7) is 1.90. The first-order valence-electron chi connectivity index (χ1n) is 3.93. The van der Waals surface area contributed by atoms with Crippen LogP contribution < -0.4 is 5.73 Å². The van der Waals surface area contributed by atoms with Crippen molar-refractivity contribution in [2.24, 2.45) is 12.8 Å². The first kappa shape index (κ1) is 10.0. The van der Waals surface area contributed by atoms with E-state index in [1.54, 1.807) is 11.8 Å². The quantitative estimate of drug-likeness (QED) is 0.421. The molecule has 0 atom stereocenters. The number of hydrogen-bond acceptors (Lipinski definition) is 4. The Kier molecular flexibility index (Phi) is 3.30. The molecule has 0 saturated heterocycles. The van der Waals surface area contributed by atoms with Crippen molar-refractivity contribution in [2.45, 2.75) is 18.5 Å². The fourth-order valence-corrected chi connectivity index (χ4v) is 1.69. The van der Waals surface area contributed by atoms with Gasteiger partial charge in [-0.1, -0.05) is 11.8 Å². The van der Waals surface area contributed by atoms with E-state index >= 15 is 0 Å². The molecular weight excluding hydrogens is 186 g/mol. The Labute approximate surface area is 81.2 Å². The highest BCUT2D eigenvalue weighted by molar-refractivity contribution is 7.99. The molecule has 5 nitrogen and oxygen atoms in total. The van der Waals surface area contributed by atoms with Gasteiger partial charge < -0.3 is 10.3 Å². The minimum atomic E-state index is 0.214. The number of rotatable bonds is 4. The lowest BCUT2D eigenvalue weighted by molar-refractivity contribution is 0.765. The third-order valence-corrected chi connectivity index (χ3v) is 2.68. The number of aromatic nitrogens is 3. The van der Waals surface area contributed by atoms with Crippen molar-refractivity contribution in [3.05, 3.63) is 5.82 Å². The Morgan fingerprint density at radius 2 is 2.31 bits per heavy atom. The molecule has 0 aliphatic heterocycles. The van der Waals surface area contributed by atoms with Crippen LogP contribution in [0, 0.1) is 12.3 Å². The largest absolute Gasteiger partial charge is 0.388 e. The van der Waals surface area contributed by atoms with E-state index in [9.17, 15) is 0 Å². The van der Waals surface area contributed by atoms with E-state index in [4.69, 9.17) is 11.1 Å². The molecule has 0 bridgehead atoms. The summed E-state index contributed by atoms with van der Waals surface area (Å²) in [7, 11) is 1.92. The molecular formula is C7H13N5S. The van der Waals surface area contributed by atoms with Crippen LogP contribution in [-0.2, 0) is 7.05 Å². The highest BCUT2D eigenvalue weighted by Gasteiger charge is 2.04. The average Bonchev–Trinajstić information content (AvgIpc) is 2.35. The maximum atomic E-state index is 7.04. The second kappa shape index (κ2) is 4.27. The number of nitrogens with zero attached hydrogens (tertiary/aromatic N) is 3. The highest BCUT2D eigenvalue weighted by atomic mass is 32.2. The lowest BCUT2D eigenvalue weighted by Crippen LogP contribution is -2.10. The lowest BCUT2D eigenvalue weighted by atomic mass is 10.5. The summed E-state index contributed by atoms with van der Waals surface area (Å²) in [5.74, 6) is 1.89. The molecule has 6 heteroatoms. The van der Waals surface area contributed by atoms with Crippen LogP contribution in [0.2, 0.25) is 0 Å². The average molecular weight is 199 g/mol. The smallest absolute Gasteiger partial charge is 0.190 e. The first-order valence-corrected chi connectivity index (χ1v) is 4.91. The standard InChI is InChI=1S/C7H13N5S/c1-5-10-11-7(12(5)2)13-4-3-6(8)9/h3-4H2,1-2H3,(H3,8,9). The van der Waals surface area contributed by atoms with Crippen LogP contribution in [0.4, 0.5) is 0 Å². The van der Waals surface area contributed by atoms with Gasteiger partial charge in [-0.05, 0) is 6.92 Å². The van der Waals surface area contributed by atoms with Gasteiger partial charge in [0.15, 0.2) is 5.16 Å². The van der Waals surface area contributed by atoms with Crippen LogP contribution in [0.3, 0.4) is 0 Å². The van der Waals surface area contributed by atoms with E-state index < -0.39 is 0 Å². The molecule has 0 amide bonds. The molecule has 0 fully saturated rings. The summed E-state index contributed by atoms with van der Waals surface area (Å²) in [6.07, 6.45) is 0.594. The minimum absolute atomic E-state index is 0.214. The molecule has 0 radical (unpaired) electrons. The fraction of sp³-hybridized carbons (Fsp3) is 0.571. The zero-order valence-electron chi connectivity index (χ0n) is 7.74. The third kappa shape index (κ3) is 2.73. The Morgan fingerprint density at radius 1 is 1.62 bits per heavy atom. The van der Waals surface area contributed by atoms with Crippen LogP contribution in [0.25, 0.3) is 0 Å². The zero-order valence-corrected chi connectivity index (χ0v) is 8.56. The van der Waals surface area contributed by atoms with Crippen LogP contribution in [0.1, 0.15) is 12.2 Å². The van der Waals surface area contributed by atoms with Gasteiger partial charge in [0.2, 0.25) is 0 Å². The van der Waals surface area contributed by atoms with Crippen molar-refractivity contribution in [3.8, 4) is 0 Å². The van der Waals surface area contributed by atoms with Crippen molar-refractivity contribution in [1.29, 1.82) is 5.41 Å². The first-order chi connectivity index (χ1) is 6.11. The van der Waals surface area contributed by atoms with Gasteiger partial charge in [0, 0.05) is 19.2 Å². The fourth-order valence-electron chi connectivity index (χ4n) is 0.766. The predicted octanol–water partition coefficient (Wildman–Crippen LogP) is 0.542. The molecule has 0 unspecified atom stereocenters. The Hall–Kier alpha value is -1.04. The lowest BCUT2D eigenvalue weighted by Gasteiger charge is -1.99. The normalized spacial score (nSPS) is 10.3. The molecule has 13 heavy (non-hydrogen) atoms. The molecule has 1 heterocycles. The number of amidine groups is 1. The van der Waals surface area contributed by atoms with E-state index in [1.165, 1.54) is 0 Å². The van der Waals surface area contributed by atoms with E-state index in [0.717, 1.165) is 16.7 Å². The van der Waals surface area contributed by atoms with Crippen LogP contribution in [-0.4, -0.2) is 26.4 Å². The van der Waals surface area contributed by atoms with Gasteiger partial charge in [-0.25, -0.2) is 0 Å². The molecule has 1 aromatic rings. The van der Waals surface area contributed by atoms with Gasteiger partial charge in [0.1, 0.15) is 5.82 Å². The summed E-state index contributed by atoms with van der Waals surface area (Å²) in [5, 5.41) is 15.8. The molecule has 0 aliphatic rings. The van der Waals surface area contributed by atoms with E-state index in [-0.39, 0.29) is 5.84 Å². The van der Waals surface area contributed by atoms with Gasteiger partial charge >= 0.3 is 0 Å². The number of nitrogens with one attached hydrogen (secondary N) is 1. The summed E-state index contributed by atoms with van der Waals surface area (Å²) >= 11 is 1.56. The molecule has 1 aromatic heterocycles. The number of thioether (sulfide) groups is 1. The monoisotopic (exact) mass is 199 g/mol.